The van der Waals surface area contributed by atoms with E-state index in [0.717, 1.165) is 6.42 Å². The first-order valence-electron chi connectivity index (χ1n) is 4.49. The quantitative estimate of drug-likeness (QED) is 0.671. The van der Waals surface area contributed by atoms with Gasteiger partial charge in [-0.2, -0.15) is 8.42 Å². The number of ketones is 1. The van der Waals surface area contributed by atoms with Gasteiger partial charge >= 0.3 is 9.33 Å². The third-order valence-corrected chi connectivity index (χ3v) is 1.61. The molecule has 1 aromatic carbocycles. The SMILES string of the molecule is CC(=O)CCc1ccccc1.O=S(=O)(O)Cl. The second-order valence-electron chi connectivity index (χ2n) is 3.10. The maximum atomic E-state index is 10.6. The lowest BCUT2D eigenvalue weighted by molar-refractivity contribution is -0.116. The van der Waals surface area contributed by atoms with Crippen LogP contribution in [-0.2, 0) is 20.5 Å². The predicted octanol–water partition coefficient (Wildman–Crippen LogP) is 2.24. The van der Waals surface area contributed by atoms with E-state index in [0.29, 0.717) is 6.42 Å². The minimum atomic E-state index is -4.19. The van der Waals surface area contributed by atoms with Crippen LogP contribution in [0.4, 0.5) is 0 Å². The van der Waals surface area contributed by atoms with Crippen LogP contribution in [0.25, 0.3) is 0 Å². The molecule has 0 aliphatic carbocycles. The molecule has 0 unspecified atom stereocenters. The van der Waals surface area contributed by atoms with Crippen molar-refractivity contribution in [1.29, 1.82) is 0 Å². The molecule has 0 aromatic heterocycles. The molecule has 0 saturated carbocycles. The van der Waals surface area contributed by atoms with Crippen molar-refractivity contribution >= 4 is 25.8 Å². The third-order valence-electron chi connectivity index (χ3n) is 1.61. The number of hydrogen-bond donors (Lipinski definition) is 1. The first-order valence-corrected chi connectivity index (χ1v) is 6.76. The predicted molar refractivity (Wildman–Crippen MR) is 62.8 cm³/mol. The first kappa shape index (κ1) is 15.1. The standard InChI is InChI=1S/C10H12O.ClHO3S/c1-9(11)7-8-10-5-3-2-4-6-10;1-5(2,3)4/h2-6H,7-8H2,1H3;(H,2,3,4). The minimum Gasteiger partial charge on any atom is -0.300 e. The van der Waals surface area contributed by atoms with Crippen LogP contribution in [0.5, 0.6) is 0 Å². The summed E-state index contributed by atoms with van der Waals surface area (Å²) < 4.78 is 25.2. The minimum absolute atomic E-state index is 0.258. The Hall–Kier alpha value is -0.910. The molecule has 0 aliphatic rings. The molecule has 0 saturated heterocycles. The Bertz CT molecular complexity index is 406. The summed E-state index contributed by atoms with van der Waals surface area (Å²) in [5.41, 5.74) is 1.24. The van der Waals surface area contributed by atoms with E-state index in [1.54, 1.807) is 6.92 Å². The first-order chi connectivity index (χ1) is 7.29. The molecule has 1 N–H and O–H groups in total. The topological polar surface area (TPSA) is 71.4 Å². The fourth-order valence-electron chi connectivity index (χ4n) is 0.965. The van der Waals surface area contributed by atoms with Crippen molar-refractivity contribution in [3.05, 3.63) is 35.9 Å². The maximum absolute atomic E-state index is 10.6. The fourth-order valence-corrected chi connectivity index (χ4v) is 0.965. The zero-order valence-electron chi connectivity index (χ0n) is 8.76. The Balaban J connectivity index is 0.000000385. The zero-order chi connectivity index (χ0) is 12.6. The van der Waals surface area contributed by atoms with Crippen LogP contribution < -0.4 is 0 Å². The summed E-state index contributed by atoms with van der Waals surface area (Å²) in [6.45, 7) is 1.63. The lowest BCUT2D eigenvalue weighted by Gasteiger charge is -1.96. The van der Waals surface area contributed by atoms with Crippen LogP contribution in [0.2, 0.25) is 0 Å². The van der Waals surface area contributed by atoms with Gasteiger partial charge in [0.2, 0.25) is 0 Å². The Morgan fingerprint density at radius 3 is 2.12 bits per heavy atom. The smallest absolute Gasteiger partial charge is 0.300 e. The second-order valence-corrected chi connectivity index (χ2v) is 5.09. The Kier molecular flexibility index (Phi) is 6.96. The summed E-state index contributed by atoms with van der Waals surface area (Å²) in [5.74, 6) is 0.258. The summed E-state index contributed by atoms with van der Waals surface area (Å²) in [4.78, 5) is 10.6. The lowest BCUT2D eigenvalue weighted by Crippen LogP contribution is -1.92. The largest absolute Gasteiger partial charge is 0.353 e. The Labute approximate surface area is 99.5 Å². The van der Waals surface area contributed by atoms with Crippen LogP contribution in [-0.4, -0.2) is 18.8 Å². The molecule has 16 heavy (non-hydrogen) atoms. The molecule has 1 aromatic rings. The van der Waals surface area contributed by atoms with Gasteiger partial charge in [0, 0.05) is 17.1 Å². The molecule has 0 spiro atoms. The molecule has 6 heteroatoms. The molecule has 90 valence electrons. The molecule has 0 aliphatic heterocycles. The van der Waals surface area contributed by atoms with Crippen molar-refractivity contribution in [2.75, 3.05) is 0 Å². The van der Waals surface area contributed by atoms with Crippen molar-refractivity contribution in [1.82, 2.24) is 0 Å². The number of halogens is 1. The van der Waals surface area contributed by atoms with E-state index in [1.807, 2.05) is 30.3 Å². The molecule has 0 atom stereocenters. The maximum Gasteiger partial charge on any atom is 0.353 e. The van der Waals surface area contributed by atoms with Gasteiger partial charge in [0.05, 0.1) is 0 Å². The molecule has 4 nitrogen and oxygen atoms in total. The van der Waals surface area contributed by atoms with Crippen LogP contribution in [0, 0.1) is 0 Å². The fraction of sp³-hybridized carbons (Fsp3) is 0.300. The number of carbonyl (C=O) groups excluding carboxylic acids is 1. The van der Waals surface area contributed by atoms with E-state index in [4.69, 9.17) is 13.0 Å². The zero-order valence-corrected chi connectivity index (χ0v) is 10.3. The molecular formula is C10H13ClO4S. The van der Waals surface area contributed by atoms with E-state index >= 15 is 0 Å². The highest BCUT2D eigenvalue weighted by molar-refractivity contribution is 8.09. The van der Waals surface area contributed by atoms with Crippen LogP contribution in [0.3, 0.4) is 0 Å². The number of carbonyl (C=O) groups is 1. The van der Waals surface area contributed by atoms with Gasteiger partial charge in [-0.15, -0.1) is 0 Å². The molecule has 0 amide bonds. The van der Waals surface area contributed by atoms with Crippen LogP contribution >= 0.6 is 10.7 Å². The second kappa shape index (κ2) is 7.38. The lowest BCUT2D eigenvalue weighted by atomic mass is 10.1. The van der Waals surface area contributed by atoms with E-state index in [2.05, 4.69) is 10.7 Å². The summed E-state index contributed by atoms with van der Waals surface area (Å²) in [5, 5.41) is 0. The average Bonchev–Trinajstić information content (AvgIpc) is 2.14. The van der Waals surface area contributed by atoms with Gasteiger partial charge < -0.3 is 4.79 Å². The summed E-state index contributed by atoms with van der Waals surface area (Å²) >= 11 is 0. The van der Waals surface area contributed by atoms with Crippen molar-refractivity contribution in [2.45, 2.75) is 19.8 Å². The number of benzene rings is 1. The molecule has 0 fully saturated rings. The summed E-state index contributed by atoms with van der Waals surface area (Å²) in [6, 6.07) is 10.1. The normalized spacial score (nSPS) is 10.2. The van der Waals surface area contributed by atoms with E-state index < -0.39 is 9.33 Å². The Morgan fingerprint density at radius 1 is 1.31 bits per heavy atom. The summed E-state index contributed by atoms with van der Waals surface area (Å²) in [7, 11) is -0.137. The van der Waals surface area contributed by atoms with Gasteiger partial charge in [-0.3, -0.25) is 4.55 Å². The number of hydrogen-bond acceptors (Lipinski definition) is 3. The van der Waals surface area contributed by atoms with Gasteiger partial charge in [-0.1, -0.05) is 30.3 Å². The van der Waals surface area contributed by atoms with Gasteiger partial charge in [-0.05, 0) is 18.9 Å². The molecule has 0 radical (unpaired) electrons. The van der Waals surface area contributed by atoms with Crippen LogP contribution in [0.15, 0.2) is 30.3 Å². The van der Waals surface area contributed by atoms with Gasteiger partial charge in [-0.25, -0.2) is 0 Å². The summed E-state index contributed by atoms with van der Waals surface area (Å²) in [6.07, 6.45) is 1.53. The van der Waals surface area contributed by atoms with Crippen molar-refractivity contribution in [3.63, 3.8) is 0 Å². The third kappa shape index (κ3) is 13.1. The van der Waals surface area contributed by atoms with Crippen molar-refractivity contribution < 1.29 is 17.8 Å². The average molecular weight is 265 g/mol. The molecular weight excluding hydrogens is 252 g/mol. The van der Waals surface area contributed by atoms with Gasteiger partial charge in [0.1, 0.15) is 5.78 Å². The van der Waals surface area contributed by atoms with Gasteiger partial charge in [0.25, 0.3) is 0 Å². The highest BCUT2D eigenvalue weighted by atomic mass is 35.7. The van der Waals surface area contributed by atoms with Crippen LogP contribution in [0.1, 0.15) is 18.9 Å². The van der Waals surface area contributed by atoms with Crippen molar-refractivity contribution in [2.24, 2.45) is 0 Å². The molecule has 0 heterocycles. The monoisotopic (exact) mass is 264 g/mol. The highest BCUT2D eigenvalue weighted by Crippen LogP contribution is 2.01. The number of aryl methyl sites for hydroxylation is 1. The van der Waals surface area contributed by atoms with E-state index in [1.165, 1.54) is 5.56 Å². The Morgan fingerprint density at radius 2 is 1.75 bits per heavy atom. The van der Waals surface area contributed by atoms with Crippen molar-refractivity contribution in [3.8, 4) is 0 Å². The van der Waals surface area contributed by atoms with E-state index in [-0.39, 0.29) is 5.78 Å². The van der Waals surface area contributed by atoms with Gasteiger partial charge in [0.15, 0.2) is 0 Å². The van der Waals surface area contributed by atoms with E-state index in [9.17, 15) is 4.79 Å². The molecule has 0 bridgehead atoms. The molecule has 1 rings (SSSR count). The number of rotatable bonds is 3. The highest BCUT2D eigenvalue weighted by Gasteiger charge is 1.94. The number of Topliss-reactive ketones (excluding diaryl/α,β-unsaturated/α-hetero) is 1.